The summed E-state index contributed by atoms with van der Waals surface area (Å²) in [6.45, 7) is 6.29. The van der Waals surface area contributed by atoms with Gasteiger partial charge in [0.25, 0.3) is 0 Å². The largest absolute Gasteiger partial charge is 0.411 e. The fourth-order valence-electron chi connectivity index (χ4n) is 0.932. The Morgan fingerprint density at radius 1 is 1.20 bits per heavy atom. The highest BCUT2D eigenvalue weighted by molar-refractivity contribution is 6.75. The molecule has 0 aliphatic heterocycles. The van der Waals surface area contributed by atoms with Crippen LogP contribution < -0.4 is 4.74 Å². The average molecular weight is 223 g/mol. The molecule has 0 saturated heterocycles. The standard InChI is InChI=1S/C11H17NO2Si/c1-12(15(2,3)4)11(13)14-10-8-6-5-7-9-10/h5-9H,1-4H3. The molecule has 0 aromatic heterocycles. The summed E-state index contributed by atoms with van der Waals surface area (Å²) in [6.07, 6.45) is -0.277. The number of ether oxygens (including phenoxy) is 1. The number of amides is 1. The van der Waals surface area contributed by atoms with Gasteiger partial charge in [0.05, 0.1) is 0 Å². The van der Waals surface area contributed by atoms with E-state index in [1.165, 1.54) is 0 Å². The number of benzene rings is 1. The molecule has 1 rings (SSSR count). The van der Waals surface area contributed by atoms with Gasteiger partial charge in [0.2, 0.25) is 0 Å². The lowest BCUT2D eigenvalue weighted by molar-refractivity contribution is 0.183. The van der Waals surface area contributed by atoms with Crippen LogP contribution >= 0.6 is 0 Å². The monoisotopic (exact) mass is 223 g/mol. The van der Waals surface area contributed by atoms with E-state index >= 15 is 0 Å². The minimum atomic E-state index is -1.62. The topological polar surface area (TPSA) is 29.5 Å². The Labute approximate surface area is 91.8 Å². The Morgan fingerprint density at radius 3 is 2.20 bits per heavy atom. The number of rotatable bonds is 2. The van der Waals surface area contributed by atoms with Crippen LogP contribution in [0.4, 0.5) is 4.79 Å². The van der Waals surface area contributed by atoms with Crippen LogP contribution in [-0.2, 0) is 0 Å². The summed E-state index contributed by atoms with van der Waals surface area (Å²) >= 11 is 0. The van der Waals surface area contributed by atoms with Crippen molar-refractivity contribution in [1.82, 2.24) is 4.57 Å². The van der Waals surface area contributed by atoms with Gasteiger partial charge in [0.15, 0.2) is 8.24 Å². The maximum Gasteiger partial charge on any atom is 0.406 e. The molecule has 1 aromatic carbocycles. The molecular formula is C11H17NO2Si. The van der Waals surface area contributed by atoms with E-state index in [4.69, 9.17) is 4.74 Å². The van der Waals surface area contributed by atoms with Crippen LogP contribution in [-0.4, -0.2) is 25.9 Å². The highest BCUT2D eigenvalue weighted by Crippen LogP contribution is 2.13. The lowest BCUT2D eigenvalue weighted by Crippen LogP contribution is -2.48. The Hall–Kier alpha value is -1.29. The van der Waals surface area contributed by atoms with Crippen molar-refractivity contribution in [2.45, 2.75) is 19.6 Å². The molecule has 0 aliphatic rings. The summed E-state index contributed by atoms with van der Waals surface area (Å²) in [5.74, 6) is 0.590. The molecule has 0 atom stereocenters. The molecule has 0 bridgehead atoms. The predicted octanol–water partition coefficient (Wildman–Crippen LogP) is 2.95. The Bertz CT molecular complexity index is 332. The molecule has 0 spiro atoms. The van der Waals surface area contributed by atoms with E-state index in [1.807, 2.05) is 18.2 Å². The maximum absolute atomic E-state index is 11.7. The van der Waals surface area contributed by atoms with Crippen molar-refractivity contribution in [3.8, 4) is 5.75 Å². The van der Waals surface area contributed by atoms with Crippen molar-refractivity contribution in [1.29, 1.82) is 0 Å². The molecule has 3 nitrogen and oxygen atoms in total. The summed E-state index contributed by atoms with van der Waals surface area (Å²) in [6, 6.07) is 9.12. The molecule has 0 saturated carbocycles. The van der Waals surface area contributed by atoms with Crippen LogP contribution in [0.5, 0.6) is 5.75 Å². The molecule has 0 unspecified atom stereocenters. The minimum Gasteiger partial charge on any atom is -0.411 e. The molecule has 4 heteroatoms. The van der Waals surface area contributed by atoms with Crippen molar-refractivity contribution in [2.75, 3.05) is 7.05 Å². The van der Waals surface area contributed by atoms with E-state index in [-0.39, 0.29) is 6.09 Å². The zero-order valence-electron chi connectivity index (χ0n) is 9.65. The van der Waals surface area contributed by atoms with Gasteiger partial charge in [0.1, 0.15) is 5.75 Å². The molecule has 0 heterocycles. The number of para-hydroxylation sites is 1. The van der Waals surface area contributed by atoms with Gasteiger partial charge in [0, 0.05) is 7.05 Å². The zero-order chi connectivity index (χ0) is 11.5. The van der Waals surface area contributed by atoms with Crippen molar-refractivity contribution >= 4 is 14.3 Å². The van der Waals surface area contributed by atoms with E-state index in [0.29, 0.717) is 5.75 Å². The third kappa shape index (κ3) is 3.40. The molecule has 0 radical (unpaired) electrons. The molecule has 82 valence electrons. The van der Waals surface area contributed by atoms with E-state index < -0.39 is 8.24 Å². The van der Waals surface area contributed by atoms with Crippen molar-refractivity contribution in [3.05, 3.63) is 30.3 Å². The fraction of sp³-hybridized carbons (Fsp3) is 0.364. The SMILES string of the molecule is CN(C(=O)Oc1ccccc1)[Si](C)(C)C. The predicted molar refractivity (Wildman–Crippen MR) is 63.6 cm³/mol. The molecular weight excluding hydrogens is 206 g/mol. The first-order valence-electron chi connectivity index (χ1n) is 4.92. The minimum absolute atomic E-state index is 0.277. The van der Waals surface area contributed by atoms with Crippen LogP contribution in [0.2, 0.25) is 19.6 Å². The second-order valence-corrected chi connectivity index (χ2v) is 9.42. The van der Waals surface area contributed by atoms with Gasteiger partial charge >= 0.3 is 6.09 Å². The Kier molecular flexibility index (Phi) is 3.52. The van der Waals surface area contributed by atoms with Crippen LogP contribution in [0, 0.1) is 0 Å². The quantitative estimate of drug-likeness (QED) is 0.721. The van der Waals surface area contributed by atoms with E-state index in [2.05, 4.69) is 19.6 Å². The number of carbonyl (C=O) groups is 1. The number of hydrogen-bond donors (Lipinski definition) is 0. The van der Waals surface area contributed by atoms with Gasteiger partial charge in [-0.15, -0.1) is 0 Å². The molecule has 0 fully saturated rings. The lowest BCUT2D eigenvalue weighted by Gasteiger charge is -2.28. The number of nitrogens with zero attached hydrogens (tertiary/aromatic N) is 1. The third-order valence-corrected chi connectivity index (χ3v) is 4.42. The first kappa shape index (κ1) is 11.8. The van der Waals surface area contributed by atoms with E-state index in [9.17, 15) is 4.79 Å². The van der Waals surface area contributed by atoms with Crippen molar-refractivity contribution in [2.24, 2.45) is 0 Å². The fourth-order valence-corrected chi connectivity index (χ4v) is 1.53. The van der Waals surface area contributed by atoms with Crippen LogP contribution in [0.15, 0.2) is 30.3 Å². The summed E-state index contributed by atoms with van der Waals surface area (Å²) in [4.78, 5) is 11.7. The Balaban J connectivity index is 2.65. The second-order valence-electron chi connectivity index (χ2n) is 4.41. The first-order valence-corrected chi connectivity index (χ1v) is 8.36. The summed E-state index contributed by atoms with van der Waals surface area (Å²) in [5.41, 5.74) is 0. The van der Waals surface area contributed by atoms with Crippen LogP contribution in [0.1, 0.15) is 0 Å². The number of hydrogen-bond acceptors (Lipinski definition) is 2. The van der Waals surface area contributed by atoms with Gasteiger partial charge in [-0.2, -0.15) is 0 Å². The van der Waals surface area contributed by atoms with E-state index in [1.54, 1.807) is 23.7 Å². The highest BCUT2D eigenvalue weighted by Gasteiger charge is 2.26. The zero-order valence-corrected chi connectivity index (χ0v) is 10.7. The average Bonchev–Trinajstić information content (AvgIpc) is 2.16. The number of carbonyl (C=O) groups excluding carboxylic acids is 1. The maximum atomic E-state index is 11.7. The summed E-state index contributed by atoms with van der Waals surface area (Å²) < 4.78 is 6.93. The molecule has 0 aliphatic carbocycles. The normalized spacial score (nSPS) is 10.9. The van der Waals surface area contributed by atoms with Crippen molar-refractivity contribution < 1.29 is 9.53 Å². The van der Waals surface area contributed by atoms with Gasteiger partial charge in [-0.3, -0.25) is 0 Å². The Morgan fingerprint density at radius 2 is 1.73 bits per heavy atom. The lowest BCUT2D eigenvalue weighted by atomic mass is 10.3. The van der Waals surface area contributed by atoms with Crippen molar-refractivity contribution in [3.63, 3.8) is 0 Å². The third-order valence-electron chi connectivity index (χ3n) is 2.23. The van der Waals surface area contributed by atoms with Gasteiger partial charge in [-0.05, 0) is 12.1 Å². The molecule has 0 N–H and O–H groups in total. The first-order chi connectivity index (χ1) is 6.91. The summed E-state index contributed by atoms with van der Waals surface area (Å²) in [7, 11) is 0.170. The van der Waals surface area contributed by atoms with Crippen LogP contribution in [0.25, 0.3) is 0 Å². The van der Waals surface area contributed by atoms with Crippen LogP contribution in [0.3, 0.4) is 0 Å². The second kappa shape index (κ2) is 4.48. The molecule has 1 amide bonds. The van der Waals surface area contributed by atoms with E-state index in [0.717, 1.165) is 0 Å². The van der Waals surface area contributed by atoms with Gasteiger partial charge < -0.3 is 9.30 Å². The molecule has 1 aromatic rings. The smallest absolute Gasteiger partial charge is 0.406 e. The van der Waals surface area contributed by atoms with Gasteiger partial charge in [-0.1, -0.05) is 37.8 Å². The molecule has 15 heavy (non-hydrogen) atoms. The summed E-state index contributed by atoms with van der Waals surface area (Å²) in [5, 5.41) is 0. The highest BCUT2D eigenvalue weighted by atomic mass is 28.3. The van der Waals surface area contributed by atoms with Gasteiger partial charge in [-0.25, -0.2) is 4.79 Å².